The van der Waals surface area contributed by atoms with Crippen LogP contribution in [0.25, 0.3) is 6.08 Å². The van der Waals surface area contributed by atoms with E-state index in [1.807, 2.05) is 47.4 Å². The summed E-state index contributed by atoms with van der Waals surface area (Å²) in [5, 5.41) is 0. The topological polar surface area (TPSA) is 57.2 Å². The molecule has 1 amide bonds. The van der Waals surface area contributed by atoms with Gasteiger partial charge in [-0.3, -0.25) is 4.79 Å². The van der Waals surface area contributed by atoms with Crippen LogP contribution in [0.2, 0.25) is 0 Å². The van der Waals surface area contributed by atoms with Gasteiger partial charge in [0, 0.05) is 12.6 Å². The van der Waals surface area contributed by atoms with Crippen LogP contribution in [0.1, 0.15) is 30.0 Å². The molecule has 6 nitrogen and oxygen atoms in total. The molecule has 1 fully saturated rings. The summed E-state index contributed by atoms with van der Waals surface area (Å²) in [6.07, 6.45) is 5.35. The molecule has 0 bridgehead atoms. The van der Waals surface area contributed by atoms with Crippen LogP contribution in [0, 0.1) is 0 Å². The normalized spacial score (nSPS) is 18.1. The van der Waals surface area contributed by atoms with Crippen LogP contribution in [-0.4, -0.2) is 44.8 Å². The first-order valence-corrected chi connectivity index (χ1v) is 9.80. The second kappa shape index (κ2) is 8.47. The monoisotopic (exact) mass is 395 g/mol. The van der Waals surface area contributed by atoms with E-state index in [9.17, 15) is 4.79 Å². The van der Waals surface area contributed by atoms with E-state index < -0.39 is 0 Å². The summed E-state index contributed by atoms with van der Waals surface area (Å²) < 4.78 is 21.9. The van der Waals surface area contributed by atoms with Crippen LogP contribution in [0.5, 0.6) is 23.0 Å². The number of ether oxygens (including phenoxy) is 4. The van der Waals surface area contributed by atoms with Gasteiger partial charge in [-0.1, -0.05) is 12.1 Å². The third-order valence-corrected chi connectivity index (χ3v) is 5.31. The maximum atomic E-state index is 12.9. The fraction of sp³-hybridized carbons (Fsp3) is 0.348. The molecule has 0 spiro atoms. The first-order valence-electron chi connectivity index (χ1n) is 9.80. The van der Waals surface area contributed by atoms with Crippen LogP contribution >= 0.6 is 0 Å². The Labute approximate surface area is 170 Å². The van der Waals surface area contributed by atoms with Crippen molar-refractivity contribution in [3.8, 4) is 23.0 Å². The van der Waals surface area contributed by atoms with Crippen molar-refractivity contribution in [1.82, 2.24) is 4.90 Å². The summed E-state index contributed by atoms with van der Waals surface area (Å²) >= 11 is 0. The van der Waals surface area contributed by atoms with Crippen LogP contribution < -0.4 is 18.9 Å². The van der Waals surface area contributed by atoms with Gasteiger partial charge < -0.3 is 23.8 Å². The molecule has 0 N–H and O–H groups in total. The standard InChI is InChI=1S/C23H25NO5/c1-26-19-8-5-16(14-21(19)27-2)6-10-23(25)24-11-3-4-18(24)17-7-9-20-22(15-17)29-13-12-28-20/h5-10,14-15,18H,3-4,11-13H2,1-2H3/b10-6+/t18-/m1/s1. The Balaban J connectivity index is 1.50. The molecule has 0 unspecified atom stereocenters. The lowest BCUT2D eigenvalue weighted by atomic mass is 10.0. The molecule has 4 rings (SSSR count). The smallest absolute Gasteiger partial charge is 0.247 e. The minimum Gasteiger partial charge on any atom is -0.493 e. The molecule has 152 valence electrons. The molecule has 0 aliphatic carbocycles. The van der Waals surface area contributed by atoms with E-state index in [0.717, 1.165) is 42.0 Å². The molecule has 6 heteroatoms. The molecule has 0 radical (unpaired) electrons. The number of benzene rings is 2. The van der Waals surface area contributed by atoms with Crippen LogP contribution in [0.3, 0.4) is 0 Å². The van der Waals surface area contributed by atoms with Crippen LogP contribution in [0.4, 0.5) is 0 Å². The highest BCUT2D eigenvalue weighted by molar-refractivity contribution is 5.92. The molecule has 0 aromatic heterocycles. The van der Waals surface area contributed by atoms with Crippen LogP contribution in [-0.2, 0) is 4.79 Å². The summed E-state index contributed by atoms with van der Waals surface area (Å²) in [6.45, 7) is 1.87. The average Bonchev–Trinajstić information content (AvgIpc) is 3.27. The number of carbonyl (C=O) groups is 1. The number of hydrogen-bond donors (Lipinski definition) is 0. The van der Waals surface area contributed by atoms with Crippen molar-refractivity contribution >= 4 is 12.0 Å². The Morgan fingerprint density at radius 1 is 1.03 bits per heavy atom. The molecule has 2 heterocycles. The maximum Gasteiger partial charge on any atom is 0.247 e. The van der Waals surface area contributed by atoms with Gasteiger partial charge >= 0.3 is 0 Å². The lowest BCUT2D eigenvalue weighted by Gasteiger charge is -2.26. The Bertz CT molecular complexity index is 923. The minimum absolute atomic E-state index is 0.00262. The Hall–Kier alpha value is -3.15. The Morgan fingerprint density at radius 3 is 2.62 bits per heavy atom. The maximum absolute atomic E-state index is 12.9. The summed E-state index contributed by atoms with van der Waals surface area (Å²) in [6, 6.07) is 11.6. The number of hydrogen-bond acceptors (Lipinski definition) is 5. The summed E-state index contributed by atoms with van der Waals surface area (Å²) in [4.78, 5) is 14.8. The van der Waals surface area contributed by atoms with E-state index in [1.54, 1.807) is 20.3 Å². The molecule has 0 saturated carbocycles. The number of likely N-dealkylation sites (tertiary alicyclic amines) is 1. The van der Waals surface area contributed by atoms with Gasteiger partial charge in [-0.05, 0) is 54.3 Å². The first kappa shape index (κ1) is 19.2. The van der Waals surface area contributed by atoms with E-state index in [-0.39, 0.29) is 11.9 Å². The zero-order valence-electron chi connectivity index (χ0n) is 16.7. The molecule has 1 saturated heterocycles. The zero-order valence-corrected chi connectivity index (χ0v) is 16.7. The molecular weight excluding hydrogens is 370 g/mol. The lowest BCUT2D eigenvalue weighted by Crippen LogP contribution is -2.29. The fourth-order valence-electron chi connectivity index (χ4n) is 3.86. The van der Waals surface area contributed by atoms with Gasteiger partial charge in [0.1, 0.15) is 13.2 Å². The molecule has 2 aromatic rings. The van der Waals surface area contributed by atoms with E-state index in [1.165, 1.54) is 0 Å². The van der Waals surface area contributed by atoms with Crippen molar-refractivity contribution in [2.45, 2.75) is 18.9 Å². The third kappa shape index (κ3) is 4.01. The average molecular weight is 395 g/mol. The van der Waals surface area contributed by atoms with E-state index in [2.05, 4.69) is 0 Å². The fourth-order valence-corrected chi connectivity index (χ4v) is 3.86. The molecular formula is C23H25NO5. The molecule has 2 aromatic carbocycles. The number of methoxy groups -OCH3 is 2. The van der Waals surface area contributed by atoms with Gasteiger partial charge in [0.05, 0.1) is 20.3 Å². The number of fused-ring (bicyclic) bond motifs is 1. The largest absolute Gasteiger partial charge is 0.493 e. The number of nitrogens with zero attached hydrogens (tertiary/aromatic N) is 1. The summed E-state index contributed by atoms with van der Waals surface area (Å²) in [7, 11) is 3.20. The molecule has 2 aliphatic heterocycles. The van der Waals surface area contributed by atoms with E-state index >= 15 is 0 Å². The summed E-state index contributed by atoms with van der Waals surface area (Å²) in [5.41, 5.74) is 1.96. The second-order valence-electron chi connectivity index (χ2n) is 7.04. The summed E-state index contributed by atoms with van der Waals surface area (Å²) in [5.74, 6) is 2.82. The van der Waals surface area contributed by atoms with Crippen molar-refractivity contribution in [3.63, 3.8) is 0 Å². The van der Waals surface area contributed by atoms with Crippen molar-refractivity contribution in [2.24, 2.45) is 0 Å². The van der Waals surface area contributed by atoms with Gasteiger partial charge in [0.15, 0.2) is 23.0 Å². The Kier molecular flexibility index (Phi) is 5.60. The third-order valence-electron chi connectivity index (χ3n) is 5.31. The highest BCUT2D eigenvalue weighted by Gasteiger charge is 2.29. The zero-order chi connectivity index (χ0) is 20.2. The molecule has 29 heavy (non-hydrogen) atoms. The second-order valence-corrected chi connectivity index (χ2v) is 7.04. The number of carbonyl (C=O) groups excluding carboxylic acids is 1. The van der Waals surface area contributed by atoms with E-state index in [0.29, 0.717) is 24.7 Å². The highest BCUT2D eigenvalue weighted by Crippen LogP contribution is 2.38. The first-order chi connectivity index (χ1) is 14.2. The van der Waals surface area contributed by atoms with Gasteiger partial charge in [-0.25, -0.2) is 0 Å². The SMILES string of the molecule is COc1ccc(/C=C/C(=O)N2CCC[C@@H]2c2ccc3c(c2)OCCO3)cc1OC. The van der Waals surface area contributed by atoms with Crippen molar-refractivity contribution in [3.05, 3.63) is 53.6 Å². The predicted molar refractivity (Wildman–Crippen MR) is 110 cm³/mol. The lowest BCUT2D eigenvalue weighted by molar-refractivity contribution is -0.126. The van der Waals surface area contributed by atoms with Gasteiger partial charge in [0.25, 0.3) is 0 Å². The van der Waals surface area contributed by atoms with Gasteiger partial charge in [0.2, 0.25) is 5.91 Å². The van der Waals surface area contributed by atoms with Gasteiger partial charge in [-0.15, -0.1) is 0 Å². The number of rotatable bonds is 5. The quantitative estimate of drug-likeness (QED) is 0.720. The molecule has 1 atom stereocenters. The highest BCUT2D eigenvalue weighted by atomic mass is 16.6. The van der Waals surface area contributed by atoms with Crippen molar-refractivity contribution in [1.29, 1.82) is 0 Å². The van der Waals surface area contributed by atoms with Crippen molar-refractivity contribution in [2.75, 3.05) is 34.0 Å². The minimum atomic E-state index is -0.00262. The molecule has 2 aliphatic rings. The van der Waals surface area contributed by atoms with Crippen LogP contribution in [0.15, 0.2) is 42.5 Å². The number of amides is 1. The van der Waals surface area contributed by atoms with Crippen molar-refractivity contribution < 1.29 is 23.7 Å². The Morgan fingerprint density at radius 2 is 1.83 bits per heavy atom. The predicted octanol–water partition coefficient (Wildman–Crippen LogP) is 3.85. The van der Waals surface area contributed by atoms with Gasteiger partial charge in [-0.2, -0.15) is 0 Å². The van der Waals surface area contributed by atoms with E-state index in [4.69, 9.17) is 18.9 Å².